The molecule has 0 radical (unpaired) electrons. The van der Waals surface area contributed by atoms with E-state index in [-0.39, 0.29) is 78.5 Å². The van der Waals surface area contributed by atoms with Crippen molar-refractivity contribution < 1.29 is 52.6 Å². The molecule has 3 aliphatic heterocycles. The molecule has 0 spiro atoms. The van der Waals surface area contributed by atoms with Gasteiger partial charge in [-0.05, 0) is 121 Å². The number of likely N-dealkylation sites (N-methyl/N-ethyl adjacent to an activating group) is 1. The molecular weight excluding hydrogens is 769 g/mol. The SMILES string of the molecule is CC[C@H]1CCC[C@H](O[C@H]2CC[C@H](N(C)C)C(C)O2)[C@@H](C)C(=O)C2=C[C@H]3[C@@H]4C[C@H](O[C@H]5OC(C)[C@H](OC)C(OC)C5OC)C[C@H]4C(O)C(Nc4ccccc4)[C@H]3[C@@H]2CC(=O)O1. The lowest BCUT2D eigenvalue weighted by Gasteiger charge is -2.47. The topological polar surface area (TPSA) is 143 Å². The summed E-state index contributed by atoms with van der Waals surface area (Å²) in [5, 5.41) is 16.3. The van der Waals surface area contributed by atoms with Gasteiger partial charge in [0.15, 0.2) is 18.4 Å². The fourth-order valence-corrected chi connectivity index (χ4v) is 11.9. The first-order chi connectivity index (χ1) is 28.9. The molecule has 6 aliphatic rings. The van der Waals surface area contributed by atoms with Gasteiger partial charge in [-0.3, -0.25) is 9.59 Å². The van der Waals surface area contributed by atoms with Crippen molar-refractivity contribution in [2.24, 2.45) is 35.5 Å². The lowest BCUT2D eigenvalue weighted by molar-refractivity contribution is -0.314. The lowest BCUT2D eigenvalue weighted by atomic mass is 9.62. The number of nitrogens with one attached hydrogen (secondary N) is 1. The number of allylic oxidation sites excluding steroid dienone is 2. The molecule has 7 rings (SSSR count). The summed E-state index contributed by atoms with van der Waals surface area (Å²) in [5.41, 5.74) is 1.52. The van der Waals surface area contributed by atoms with E-state index in [0.29, 0.717) is 43.7 Å². The standard InChI is InChI=1S/C47H72N2O11/c1-10-29-17-14-18-37(60-39-20-19-36(49(5)6)26(3)56-39)25(2)42(51)35-23-32-31-21-30(59-47-46(55-9)45(54-8)44(53-7)27(4)57-47)22-34(31)43(52)41(48-28-15-12-11-13-16-28)40(32)33(35)24-38(50)58-29/h11-13,15-16,23,25-27,29-34,36-37,39-41,43-48,52H,10,14,17-22,24H2,1-9H3/t25-,26?,27?,29+,30+,31+,32+,33-,34-,36+,37+,39+,40-,41?,43?,44+,45?,46?,47-/m1/s1. The first kappa shape index (κ1) is 45.6. The van der Waals surface area contributed by atoms with Gasteiger partial charge in [0.25, 0.3) is 0 Å². The molecule has 0 aromatic heterocycles. The van der Waals surface area contributed by atoms with Gasteiger partial charge in [0, 0.05) is 44.9 Å². The van der Waals surface area contributed by atoms with Crippen molar-refractivity contribution in [2.75, 3.05) is 40.7 Å². The second-order valence-corrected chi connectivity index (χ2v) is 18.6. The number of hydrogen-bond acceptors (Lipinski definition) is 13. The van der Waals surface area contributed by atoms with E-state index in [1.165, 1.54) is 0 Å². The Kier molecular flexibility index (Phi) is 15.1. The van der Waals surface area contributed by atoms with Crippen molar-refractivity contribution in [3.63, 3.8) is 0 Å². The van der Waals surface area contributed by atoms with Crippen LogP contribution in [0.4, 0.5) is 5.69 Å². The third-order valence-electron chi connectivity index (χ3n) is 15.0. The number of Topliss-reactive ketones (excluding diaryl/α,β-unsaturated/α-hetero) is 1. The number of carbonyl (C=O) groups excluding carboxylic acids is 2. The minimum Gasteiger partial charge on any atom is -0.462 e. The molecule has 2 saturated carbocycles. The van der Waals surface area contributed by atoms with E-state index in [1.807, 2.05) is 44.2 Å². The molecule has 1 aromatic rings. The Labute approximate surface area is 357 Å². The van der Waals surface area contributed by atoms with Gasteiger partial charge in [-0.2, -0.15) is 0 Å². The van der Waals surface area contributed by atoms with Crippen molar-refractivity contribution in [3.8, 4) is 0 Å². The molecule has 2 N–H and O–H groups in total. The first-order valence-corrected chi connectivity index (χ1v) is 22.7. The van der Waals surface area contributed by atoms with Crippen LogP contribution in [0.25, 0.3) is 0 Å². The summed E-state index contributed by atoms with van der Waals surface area (Å²) in [6.45, 7) is 8.08. The van der Waals surface area contributed by atoms with Crippen LogP contribution in [0.2, 0.25) is 0 Å². The quantitative estimate of drug-likeness (QED) is 0.261. The van der Waals surface area contributed by atoms with Crippen LogP contribution in [0, 0.1) is 35.5 Å². The maximum atomic E-state index is 15.1. The van der Waals surface area contributed by atoms with Crippen molar-refractivity contribution in [2.45, 2.75) is 165 Å². The average Bonchev–Trinajstić information content (AvgIpc) is 3.82. The van der Waals surface area contributed by atoms with E-state index in [2.05, 4.69) is 44.2 Å². The number of ether oxygens (including phenoxy) is 8. The van der Waals surface area contributed by atoms with Gasteiger partial charge in [-0.25, -0.2) is 0 Å². The Hall–Kier alpha value is -2.46. The zero-order valence-electron chi connectivity index (χ0n) is 37.3. The van der Waals surface area contributed by atoms with Crippen LogP contribution in [-0.2, 0) is 47.5 Å². The van der Waals surface area contributed by atoms with E-state index in [0.717, 1.165) is 24.9 Å². The second kappa shape index (κ2) is 19.9. The largest absolute Gasteiger partial charge is 0.462 e. The zero-order chi connectivity index (χ0) is 42.8. The monoisotopic (exact) mass is 841 g/mol. The van der Waals surface area contributed by atoms with Gasteiger partial charge >= 0.3 is 5.97 Å². The molecule has 5 fully saturated rings. The second-order valence-electron chi connectivity index (χ2n) is 18.6. The molecule has 3 heterocycles. The number of nitrogens with zero attached hydrogens (tertiary/aromatic N) is 1. The minimum absolute atomic E-state index is 0.00373. The molecule has 3 aliphatic carbocycles. The summed E-state index contributed by atoms with van der Waals surface area (Å²) in [5.74, 6) is -1.76. The Morgan fingerprint density at radius 3 is 2.23 bits per heavy atom. The summed E-state index contributed by atoms with van der Waals surface area (Å²) in [4.78, 5) is 31.3. The van der Waals surface area contributed by atoms with Gasteiger partial charge < -0.3 is 53.2 Å². The number of esters is 1. The number of fused-ring (bicyclic) bond motifs is 5. The molecule has 13 heteroatoms. The maximum Gasteiger partial charge on any atom is 0.306 e. The number of para-hydroxylation sites is 1. The predicted molar refractivity (Wildman–Crippen MR) is 225 cm³/mol. The molecule has 13 nitrogen and oxygen atoms in total. The third-order valence-corrected chi connectivity index (χ3v) is 15.0. The highest BCUT2D eigenvalue weighted by Gasteiger charge is 2.60. The van der Waals surface area contributed by atoms with Gasteiger partial charge in [-0.1, -0.05) is 38.1 Å². The summed E-state index contributed by atoms with van der Waals surface area (Å²) in [6.07, 6.45) is 3.64. The van der Waals surface area contributed by atoms with Crippen molar-refractivity contribution in [3.05, 3.63) is 42.0 Å². The Bertz CT molecular complexity index is 1610. The van der Waals surface area contributed by atoms with E-state index in [9.17, 15) is 9.90 Å². The van der Waals surface area contributed by atoms with Gasteiger partial charge in [0.1, 0.15) is 24.4 Å². The summed E-state index contributed by atoms with van der Waals surface area (Å²) < 4.78 is 50.1. The highest BCUT2D eigenvalue weighted by atomic mass is 16.7. The van der Waals surface area contributed by atoms with Crippen LogP contribution >= 0.6 is 0 Å². The number of carbonyl (C=O) groups is 2. The average molecular weight is 841 g/mol. The van der Waals surface area contributed by atoms with Crippen molar-refractivity contribution in [1.82, 2.24) is 4.90 Å². The Balaban J connectivity index is 1.20. The number of methoxy groups -OCH3 is 3. The Morgan fingerprint density at radius 2 is 1.57 bits per heavy atom. The summed E-state index contributed by atoms with van der Waals surface area (Å²) in [6, 6.07) is 9.74. The summed E-state index contributed by atoms with van der Waals surface area (Å²) in [7, 11) is 9.06. The number of cyclic esters (lactones) is 1. The predicted octanol–water partition coefficient (Wildman–Crippen LogP) is 5.77. The van der Waals surface area contributed by atoms with Gasteiger partial charge in [-0.15, -0.1) is 0 Å². The van der Waals surface area contributed by atoms with Crippen LogP contribution < -0.4 is 5.32 Å². The van der Waals surface area contributed by atoms with Crippen LogP contribution in [0.1, 0.15) is 85.5 Å². The summed E-state index contributed by atoms with van der Waals surface area (Å²) >= 11 is 0. The molecular formula is C47H72N2O11. The highest BCUT2D eigenvalue weighted by Crippen LogP contribution is 2.57. The molecule has 60 heavy (non-hydrogen) atoms. The van der Waals surface area contributed by atoms with Crippen LogP contribution in [0.15, 0.2) is 42.0 Å². The number of aliphatic hydroxyl groups excluding tert-OH is 1. The smallest absolute Gasteiger partial charge is 0.306 e. The number of ketones is 1. The number of aliphatic hydroxyl groups is 1. The van der Waals surface area contributed by atoms with Crippen LogP contribution in [0.3, 0.4) is 0 Å². The lowest BCUT2D eigenvalue weighted by Crippen LogP contribution is -2.59. The number of rotatable bonds is 11. The third kappa shape index (κ3) is 9.40. The number of benzene rings is 1. The van der Waals surface area contributed by atoms with Gasteiger partial charge in [0.05, 0.1) is 43.0 Å². The maximum absolute atomic E-state index is 15.1. The first-order valence-electron chi connectivity index (χ1n) is 22.7. The van der Waals surface area contributed by atoms with E-state index < -0.39 is 48.8 Å². The van der Waals surface area contributed by atoms with Crippen LogP contribution in [0.5, 0.6) is 0 Å². The Morgan fingerprint density at radius 1 is 0.850 bits per heavy atom. The van der Waals surface area contributed by atoms with Gasteiger partial charge in [0.2, 0.25) is 0 Å². The molecule has 19 atom stereocenters. The normalized spacial score (nSPS) is 43.9. The molecule has 0 bridgehead atoms. The fraction of sp³-hybridized carbons (Fsp3) is 0.787. The van der Waals surface area contributed by atoms with E-state index in [1.54, 1.807) is 21.3 Å². The van der Waals surface area contributed by atoms with E-state index >= 15 is 4.79 Å². The number of anilines is 1. The fourth-order valence-electron chi connectivity index (χ4n) is 11.9. The van der Waals surface area contributed by atoms with Crippen molar-refractivity contribution >= 4 is 17.4 Å². The molecule has 3 saturated heterocycles. The molecule has 0 amide bonds. The van der Waals surface area contributed by atoms with Crippen molar-refractivity contribution in [1.29, 1.82) is 0 Å². The molecule has 336 valence electrons. The zero-order valence-corrected chi connectivity index (χ0v) is 37.3. The highest BCUT2D eigenvalue weighted by molar-refractivity contribution is 5.99. The molecule has 6 unspecified atom stereocenters. The van der Waals surface area contributed by atoms with E-state index in [4.69, 9.17) is 37.9 Å². The van der Waals surface area contributed by atoms with Crippen LogP contribution in [-0.4, -0.2) is 137 Å². The number of hydrogen-bond donors (Lipinski definition) is 2. The minimum atomic E-state index is -0.785. The molecule has 1 aromatic carbocycles.